The van der Waals surface area contributed by atoms with Crippen LogP contribution < -0.4 is 5.43 Å². The zero-order chi connectivity index (χ0) is 15.4. The molecule has 2 rings (SSSR count). The maximum absolute atomic E-state index is 13.6. The number of hydrazone groups is 1. The van der Waals surface area contributed by atoms with Gasteiger partial charge in [0.1, 0.15) is 11.6 Å². The predicted molar refractivity (Wildman–Crippen MR) is 77.5 cm³/mol. The highest BCUT2D eigenvalue weighted by molar-refractivity contribution is 6.33. The van der Waals surface area contributed by atoms with Crippen molar-refractivity contribution in [2.24, 2.45) is 5.10 Å². The number of halogens is 3. The van der Waals surface area contributed by atoms with Crippen LogP contribution in [0.3, 0.4) is 0 Å². The van der Waals surface area contributed by atoms with E-state index in [1.54, 1.807) is 24.3 Å². The van der Waals surface area contributed by atoms with E-state index in [0.717, 1.165) is 12.1 Å². The van der Waals surface area contributed by atoms with E-state index in [9.17, 15) is 13.6 Å². The lowest BCUT2D eigenvalue weighted by Crippen LogP contribution is -2.20. The number of hydrogen-bond donors (Lipinski definition) is 1. The van der Waals surface area contributed by atoms with Gasteiger partial charge in [-0.15, -0.1) is 0 Å². The molecule has 1 N–H and O–H groups in total. The lowest BCUT2D eigenvalue weighted by molar-refractivity contribution is 0.0955. The third-order valence-electron chi connectivity index (χ3n) is 2.76. The molecule has 108 valence electrons. The van der Waals surface area contributed by atoms with Crippen LogP contribution in [0.4, 0.5) is 8.78 Å². The van der Waals surface area contributed by atoms with Gasteiger partial charge in [-0.05, 0) is 31.2 Å². The Morgan fingerprint density at radius 1 is 1.14 bits per heavy atom. The van der Waals surface area contributed by atoms with Crippen LogP contribution in [0.15, 0.2) is 47.6 Å². The first-order valence-corrected chi connectivity index (χ1v) is 6.41. The van der Waals surface area contributed by atoms with Crippen molar-refractivity contribution in [2.75, 3.05) is 0 Å². The Morgan fingerprint density at radius 3 is 2.52 bits per heavy atom. The first-order chi connectivity index (χ1) is 9.99. The molecule has 0 radical (unpaired) electrons. The first kappa shape index (κ1) is 15.1. The van der Waals surface area contributed by atoms with Crippen molar-refractivity contribution in [1.82, 2.24) is 5.43 Å². The molecule has 6 heteroatoms. The van der Waals surface area contributed by atoms with E-state index in [2.05, 4.69) is 10.5 Å². The molecule has 0 heterocycles. The number of nitrogens with zero attached hydrogens (tertiary/aromatic N) is 1. The van der Waals surface area contributed by atoms with Crippen LogP contribution in [0, 0.1) is 11.6 Å². The minimum absolute atomic E-state index is 0.107. The molecule has 0 aromatic heterocycles. The molecular formula is C15H11ClF2N2O. The highest BCUT2D eigenvalue weighted by Gasteiger charge is 2.10. The quantitative estimate of drug-likeness (QED) is 0.680. The molecule has 0 aliphatic heterocycles. The number of carbonyl (C=O) groups excluding carboxylic acids is 1. The van der Waals surface area contributed by atoms with Crippen molar-refractivity contribution >= 4 is 23.2 Å². The Morgan fingerprint density at radius 2 is 1.86 bits per heavy atom. The predicted octanol–water partition coefficient (Wildman–Crippen LogP) is 3.77. The standard InChI is InChI=1S/C15H11ClF2N2O/c1-9(11-7-6-10(17)8-14(11)18)19-20-15(21)12-4-2-3-5-13(12)16/h2-8H,1H3,(H,20,21)/b19-9+. The van der Waals surface area contributed by atoms with E-state index in [1.165, 1.54) is 13.0 Å². The first-order valence-electron chi connectivity index (χ1n) is 6.03. The zero-order valence-electron chi connectivity index (χ0n) is 11.0. The zero-order valence-corrected chi connectivity index (χ0v) is 11.8. The van der Waals surface area contributed by atoms with Gasteiger partial charge in [0.15, 0.2) is 0 Å². The van der Waals surface area contributed by atoms with Gasteiger partial charge in [0, 0.05) is 11.6 Å². The second-order valence-electron chi connectivity index (χ2n) is 4.24. The van der Waals surface area contributed by atoms with Gasteiger partial charge in [0.2, 0.25) is 0 Å². The maximum Gasteiger partial charge on any atom is 0.272 e. The Balaban J connectivity index is 2.17. The molecule has 2 aromatic carbocycles. The number of amides is 1. The summed E-state index contributed by atoms with van der Waals surface area (Å²) in [4.78, 5) is 11.9. The molecule has 1 amide bonds. The summed E-state index contributed by atoms with van der Waals surface area (Å²) in [5, 5.41) is 4.09. The van der Waals surface area contributed by atoms with E-state index < -0.39 is 17.5 Å². The minimum Gasteiger partial charge on any atom is -0.267 e. The number of benzene rings is 2. The average Bonchev–Trinajstić information content (AvgIpc) is 2.45. The fourth-order valence-corrected chi connectivity index (χ4v) is 1.90. The maximum atomic E-state index is 13.6. The highest BCUT2D eigenvalue weighted by Crippen LogP contribution is 2.15. The molecule has 0 saturated carbocycles. The molecule has 0 unspecified atom stereocenters. The Kier molecular flexibility index (Phi) is 4.65. The van der Waals surface area contributed by atoms with Gasteiger partial charge in [-0.25, -0.2) is 14.2 Å². The van der Waals surface area contributed by atoms with Gasteiger partial charge in [-0.1, -0.05) is 23.7 Å². The lowest BCUT2D eigenvalue weighted by atomic mass is 10.1. The van der Waals surface area contributed by atoms with Gasteiger partial charge in [-0.3, -0.25) is 4.79 Å². The fraction of sp³-hybridized carbons (Fsp3) is 0.0667. The molecule has 0 fully saturated rings. The van der Waals surface area contributed by atoms with E-state index >= 15 is 0 Å². The van der Waals surface area contributed by atoms with Gasteiger partial charge in [-0.2, -0.15) is 5.10 Å². The Hall–Kier alpha value is -2.27. The smallest absolute Gasteiger partial charge is 0.267 e. The summed E-state index contributed by atoms with van der Waals surface area (Å²) in [5.74, 6) is -1.94. The number of rotatable bonds is 3. The van der Waals surface area contributed by atoms with Crippen LogP contribution in [0.5, 0.6) is 0 Å². The highest BCUT2D eigenvalue weighted by atomic mass is 35.5. The molecule has 0 spiro atoms. The van der Waals surface area contributed by atoms with Gasteiger partial charge in [0.25, 0.3) is 5.91 Å². The summed E-state index contributed by atoms with van der Waals surface area (Å²) in [6.07, 6.45) is 0. The molecule has 0 saturated heterocycles. The Labute approximate surface area is 125 Å². The van der Waals surface area contributed by atoms with E-state index in [-0.39, 0.29) is 21.9 Å². The molecule has 0 atom stereocenters. The van der Waals surface area contributed by atoms with Crippen molar-refractivity contribution in [3.8, 4) is 0 Å². The van der Waals surface area contributed by atoms with Crippen LogP contribution in [-0.4, -0.2) is 11.6 Å². The van der Waals surface area contributed by atoms with Gasteiger partial charge < -0.3 is 0 Å². The number of carbonyl (C=O) groups is 1. The molecule has 0 aliphatic rings. The van der Waals surface area contributed by atoms with Crippen LogP contribution in [-0.2, 0) is 0 Å². The van der Waals surface area contributed by atoms with Crippen LogP contribution in [0.2, 0.25) is 5.02 Å². The Bertz CT molecular complexity index is 717. The summed E-state index contributed by atoms with van der Waals surface area (Å²) < 4.78 is 26.4. The second kappa shape index (κ2) is 6.45. The summed E-state index contributed by atoms with van der Waals surface area (Å²) in [6.45, 7) is 1.50. The third-order valence-corrected chi connectivity index (χ3v) is 3.09. The van der Waals surface area contributed by atoms with E-state index in [4.69, 9.17) is 11.6 Å². The summed E-state index contributed by atoms with van der Waals surface area (Å²) in [7, 11) is 0. The normalized spacial score (nSPS) is 11.3. The van der Waals surface area contributed by atoms with E-state index in [1.807, 2.05) is 0 Å². The molecule has 0 aliphatic carbocycles. The summed E-state index contributed by atoms with van der Waals surface area (Å²) in [6, 6.07) is 9.61. The van der Waals surface area contributed by atoms with Crippen molar-refractivity contribution in [2.45, 2.75) is 6.92 Å². The van der Waals surface area contributed by atoms with Crippen LogP contribution in [0.25, 0.3) is 0 Å². The third kappa shape index (κ3) is 3.64. The summed E-state index contributed by atoms with van der Waals surface area (Å²) >= 11 is 5.88. The molecule has 3 nitrogen and oxygen atoms in total. The molecule has 2 aromatic rings. The minimum atomic E-state index is -0.747. The lowest BCUT2D eigenvalue weighted by Gasteiger charge is -2.05. The molecular weight excluding hydrogens is 298 g/mol. The average molecular weight is 309 g/mol. The van der Waals surface area contributed by atoms with Crippen molar-refractivity contribution < 1.29 is 13.6 Å². The van der Waals surface area contributed by atoms with Gasteiger partial charge >= 0.3 is 0 Å². The fourth-order valence-electron chi connectivity index (χ4n) is 1.68. The van der Waals surface area contributed by atoms with Crippen LogP contribution >= 0.6 is 11.6 Å². The SMILES string of the molecule is C/C(=N\NC(=O)c1ccccc1Cl)c1ccc(F)cc1F. The van der Waals surface area contributed by atoms with Crippen molar-refractivity contribution in [1.29, 1.82) is 0 Å². The van der Waals surface area contributed by atoms with Crippen LogP contribution in [0.1, 0.15) is 22.8 Å². The monoisotopic (exact) mass is 308 g/mol. The molecule has 21 heavy (non-hydrogen) atoms. The topological polar surface area (TPSA) is 41.5 Å². The largest absolute Gasteiger partial charge is 0.272 e. The van der Waals surface area contributed by atoms with E-state index in [0.29, 0.717) is 0 Å². The number of nitrogens with one attached hydrogen (secondary N) is 1. The van der Waals surface area contributed by atoms with Crippen molar-refractivity contribution in [3.05, 3.63) is 70.2 Å². The summed E-state index contributed by atoms with van der Waals surface area (Å²) in [5.41, 5.74) is 2.87. The van der Waals surface area contributed by atoms with Gasteiger partial charge in [0.05, 0.1) is 16.3 Å². The second-order valence-corrected chi connectivity index (χ2v) is 4.65. The van der Waals surface area contributed by atoms with Crippen molar-refractivity contribution in [3.63, 3.8) is 0 Å². The number of hydrogen-bond acceptors (Lipinski definition) is 2. The molecule has 0 bridgehead atoms.